The SMILES string of the molecule is NC(N)=NC(=O)/C=C/c1cccc(Cl)c1. The van der Waals surface area contributed by atoms with Gasteiger partial charge in [0.25, 0.3) is 5.91 Å². The molecule has 1 rings (SSSR count). The fraction of sp³-hybridized carbons (Fsp3) is 0. The van der Waals surface area contributed by atoms with Gasteiger partial charge < -0.3 is 11.5 Å². The zero-order valence-electron chi connectivity index (χ0n) is 7.85. The first-order valence-electron chi connectivity index (χ1n) is 4.15. The van der Waals surface area contributed by atoms with Gasteiger partial charge in [0.2, 0.25) is 0 Å². The van der Waals surface area contributed by atoms with Crippen molar-refractivity contribution in [3.8, 4) is 0 Å². The highest BCUT2D eigenvalue weighted by Gasteiger charge is 1.93. The van der Waals surface area contributed by atoms with E-state index in [9.17, 15) is 4.79 Å². The number of hydrogen-bond acceptors (Lipinski definition) is 1. The van der Waals surface area contributed by atoms with Crippen LogP contribution in [0.3, 0.4) is 0 Å². The lowest BCUT2D eigenvalue weighted by atomic mass is 10.2. The van der Waals surface area contributed by atoms with E-state index in [1.54, 1.807) is 24.3 Å². The number of carbonyl (C=O) groups excluding carboxylic acids is 1. The number of nitrogens with two attached hydrogens (primary N) is 2. The summed E-state index contributed by atoms with van der Waals surface area (Å²) in [6.07, 6.45) is 2.85. The van der Waals surface area contributed by atoms with Gasteiger partial charge in [0.1, 0.15) is 0 Å². The van der Waals surface area contributed by atoms with Crippen LogP contribution in [0.4, 0.5) is 0 Å². The Morgan fingerprint density at radius 3 is 2.73 bits per heavy atom. The number of nitrogens with zero attached hydrogens (tertiary/aromatic N) is 1. The molecular weight excluding hydrogens is 214 g/mol. The Labute approximate surface area is 92.2 Å². The Bertz CT molecular complexity index is 422. The van der Waals surface area contributed by atoms with Gasteiger partial charge in [-0.25, -0.2) is 0 Å². The average molecular weight is 224 g/mol. The number of amides is 1. The molecule has 4 nitrogen and oxygen atoms in total. The summed E-state index contributed by atoms with van der Waals surface area (Å²) in [6, 6.07) is 7.07. The first-order chi connectivity index (χ1) is 7.08. The van der Waals surface area contributed by atoms with Crippen molar-refractivity contribution in [3.05, 3.63) is 40.9 Å². The van der Waals surface area contributed by atoms with E-state index in [-0.39, 0.29) is 5.96 Å². The summed E-state index contributed by atoms with van der Waals surface area (Å²) in [4.78, 5) is 14.4. The zero-order chi connectivity index (χ0) is 11.3. The smallest absolute Gasteiger partial charge is 0.272 e. The molecule has 0 aromatic heterocycles. The van der Waals surface area contributed by atoms with E-state index < -0.39 is 5.91 Å². The minimum absolute atomic E-state index is 0.254. The van der Waals surface area contributed by atoms with Crippen LogP contribution in [0.15, 0.2) is 35.3 Å². The molecule has 0 saturated heterocycles. The number of rotatable bonds is 2. The van der Waals surface area contributed by atoms with Crippen LogP contribution in [0.5, 0.6) is 0 Å². The summed E-state index contributed by atoms with van der Waals surface area (Å²) in [5.41, 5.74) is 10.9. The number of hydrogen-bond donors (Lipinski definition) is 2. The fourth-order valence-electron chi connectivity index (χ4n) is 0.942. The molecule has 0 saturated carbocycles. The van der Waals surface area contributed by atoms with Gasteiger partial charge in [0, 0.05) is 11.1 Å². The third-order valence-corrected chi connectivity index (χ3v) is 1.74. The Balaban J connectivity index is 2.74. The molecule has 0 aliphatic carbocycles. The minimum atomic E-state index is -0.505. The fourth-order valence-corrected chi connectivity index (χ4v) is 1.14. The molecule has 15 heavy (non-hydrogen) atoms. The highest BCUT2D eigenvalue weighted by Crippen LogP contribution is 2.11. The monoisotopic (exact) mass is 223 g/mol. The highest BCUT2D eigenvalue weighted by atomic mass is 35.5. The van der Waals surface area contributed by atoms with Gasteiger partial charge >= 0.3 is 0 Å². The largest absolute Gasteiger partial charge is 0.370 e. The van der Waals surface area contributed by atoms with Crippen LogP contribution in [-0.2, 0) is 4.79 Å². The van der Waals surface area contributed by atoms with Crippen LogP contribution in [0, 0.1) is 0 Å². The Hall–Kier alpha value is -1.81. The first-order valence-corrected chi connectivity index (χ1v) is 4.53. The second-order valence-corrected chi connectivity index (χ2v) is 3.20. The van der Waals surface area contributed by atoms with Crippen LogP contribution in [0.2, 0.25) is 5.02 Å². The van der Waals surface area contributed by atoms with Crippen molar-refractivity contribution < 1.29 is 4.79 Å². The molecule has 0 heterocycles. The van der Waals surface area contributed by atoms with Crippen molar-refractivity contribution in [1.29, 1.82) is 0 Å². The van der Waals surface area contributed by atoms with Crippen molar-refractivity contribution >= 4 is 29.5 Å². The van der Waals surface area contributed by atoms with Crippen LogP contribution in [0.25, 0.3) is 6.08 Å². The van der Waals surface area contributed by atoms with Gasteiger partial charge in [0.05, 0.1) is 0 Å². The molecule has 0 spiro atoms. The number of halogens is 1. The topological polar surface area (TPSA) is 81.5 Å². The quantitative estimate of drug-likeness (QED) is 0.448. The number of benzene rings is 1. The highest BCUT2D eigenvalue weighted by molar-refractivity contribution is 6.30. The summed E-state index contributed by atoms with van der Waals surface area (Å²) in [6.45, 7) is 0. The van der Waals surface area contributed by atoms with Crippen LogP contribution in [0.1, 0.15) is 5.56 Å². The molecule has 0 aliphatic heterocycles. The lowest BCUT2D eigenvalue weighted by Crippen LogP contribution is -2.23. The van der Waals surface area contributed by atoms with E-state index in [0.29, 0.717) is 5.02 Å². The Kier molecular flexibility index (Phi) is 3.88. The predicted molar refractivity (Wildman–Crippen MR) is 61.3 cm³/mol. The molecule has 4 N–H and O–H groups in total. The van der Waals surface area contributed by atoms with E-state index in [1.165, 1.54) is 6.08 Å². The standard InChI is InChI=1S/C10H10ClN3O/c11-8-3-1-2-7(6-8)4-5-9(15)14-10(12)13/h1-6H,(H4,12,13,14,15)/b5-4+. The van der Waals surface area contributed by atoms with Gasteiger partial charge in [0.15, 0.2) is 5.96 Å². The third-order valence-electron chi connectivity index (χ3n) is 1.51. The summed E-state index contributed by atoms with van der Waals surface area (Å²) in [5, 5.41) is 0.603. The van der Waals surface area contributed by atoms with Gasteiger partial charge in [-0.1, -0.05) is 23.7 Å². The molecule has 0 aliphatic rings. The van der Waals surface area contributed by atoms with Crippen molar-refractivity contribution in [1.82, 2.24) is 0 Å². The van der Waals surface area contributed by atoms with Gasteiger partial charge in [-0.3, -0.25) is 4.79 Å². The van der Waals surface area contributed by atoms with Gasteiger partial charge in [-0.2, -0.15) is 4.99 Å². The molecule has 1 aromatic carbocycles. The van der Waals surface area contributed by atoms with Crippen LogP contribution >= 0.6 is 11.6 Å². The van der Waals surface area contributed by atoms with Gasteiger partial charge in [-0.05, 0) is 23.8 Å². The Morgan fingerprint density at radius 1 is 1.40 bits per heavy atom. The molecule has 1 aromatic rings. The maximum absolute atomic E-state index is 11.0. The molecule has 0 unspecified atom stereocenters. The second kappa shape index (κ2) is 5.17. The molecular formula is C10H10ClN3O. The van der Waals surface area contributed by atoms with E-state index in [1.807, 2.05) is 6.07 Å². The van der Waals surface area contributed by atoms with Crippen molar-refractivity contribution in [2.24, 2.45) is 16.5 Å². The molecule has 0 radical (unpaired) electrons. The lowest BCUT2D eigenvalue weighted by molar-refractivity contribution is -0.113. The van der Waals surface area contributed by atoms with Crippen LogP contribution < -0.4 is 11.5 Å². The number of carbonyl (C=O) groups is 1. The second-order valence-electron chi connectivity index (χ2n) is 2.76. The zero-order valence-corrected chi connectivity index (χ0v) is 8.61. The summed E-state index contributed by atoms with van der Waals surface area (Å²) in [5.74, 6) is -0.759. The third kappa shape index (κ3) is 4.28. The predicted octanol–water partition coefficient (Wildman–Crippen LogP) is 1.15. The molecule has 5 heteroatoms. The molecule has 0 bridgehead atoms. The van der Waals surface area contributed by atoms with Crippen LogP contribution in [-0.4, -0.2) is 11.9 Å². The van der Waals surface area contributed by atoms with Crippen molar-refractivity contribution in [2.45, 2.75) is 0 Å². The van der Waals surface area contributed by atoms with E-state index in [0.717, 1.165) is 5.56 Å². The maximum atomic E-state index is 11.0. The van der Waals surface area contributed by atoms with E-state index in [4.69, 9.17) is 23.1 Å². The summed E-state index contributed by atoms with van der Waals surface area (Å²) in [7, 11) is 0. The normalized spacial score (nSPS) is 10.2. The van der Waals surface area contributed by atoms with Gasteiger partial charge in [-0.15, -0.1) is 0 Å². The average Bonchev–Trinajstić information content (AvgIpc) is 2.14. The number of guanidine groups is 1. The van der Waals surface area contributed by atoms with Crippen molar-refractivity contribution in [3.63, 3.8) is 0 Å². The molecule has 78 valence electrons. The maximum Gasteiger partial charge on any atom is 0.272 e. The lowest BCUT2D eigenvalue weighted by Gasteiger charge is -1.93. The minimum Gasteiger partial charge on any atom is -0.370 e. The van der Waals surface area contributed by atoms with E-state index in [2.05, 4.69) is 4.99 Å². The summed E-state index contributed by atoms with van der Waals surface area (Å²) < 4.78 is 0. The number of aliphatic imine (C=N–C) groups is 1. The molecule has 0 fully saturated rings. The first kappa shape index (κ1) is 11.3. The molecule has 0 atom stereocenters. The molecule has 1 amide bonds. The Morgan fingerprint density at radius 2 is 2.13 bits per heavy atom. The van der Waals surface area contributed by atoms with Crippen molar-refractivity contribution in [2.75, 3.05) is 0 Å². The summed E-state index contributed by atoms with van der Waals surface area (Å²) >= 11 is 5.76. The van der Waals surface area contributed by atoms with E-state index >= 15 is 0 Å².